The average molecular weight is 226 g/mol. The van der Waals surface area contributed by atoms with Crippen molar-refractivity contribution in [1.82, 2.24) is 10.2 Å². The van der Waals surface area contributed by atoms with Gasteiger partial charge in [-0.05, 0) is 45.7 Å². The second kappa shape index (κ2) is 8.08. The molecule has 1 aliphatic rings. The van der Waals surface area contributed by atoms with Crippen molar-refractivity contribution in [2.45, 2.75) is 71.4 Å². The number of rotatable bonds is 10. The van der Waals surface area contributed by atoms with Crippen molar-refractivity contribution < 1.29 is 0 Å². The highest BCUT2D eigenvalue weighted by Gasteiger charge is 2.22. The molecule has 0 heterocycles. The minimum Gasteiger partial charge on any atom is -0.312 e. The molecule has 0 aromatic rings. The third-order valence-electron chi connectivity index (χ3n) is 3.50. The summed E-state index contributed by atoms with van der Waals surface area (Å²) in [6, 6.07) is 1.56. The van der Waals surface area contributed by atoms with E-state index in [0.717, 1.165) is 6.04 Å². The number of hydrogen-bond donors (Lipinski definition) is 1. The van der Waals surface area contributed by atoms with Crippen LogP contribution in [0.4, 0.5) is 0 Å². The van der Waals surface area contributed by atoms with Gasteiger partial charge in [0.05, 0.1) is 0 Å². The molecule has 1 fully saturated rings. The Morgan fingerprint density at radius 3 is 2.12 bits per heavy atom. The van der Waals surface area contributed by atoms with E-state index in [2.05, 4.69) is 31.0 Å². The number of unbranched alkanes of at least 4 members (excludes halogenated alkanes) is 2. The van der Waals surface area contributed by atoms with Crippen LogP contribution in [0, 0.1) is 0 Å². The first-order valence-corrected chi connectivity index (χ1v) is 7.25. The third kappa shape index (κ3) is 5.86. The molecule has 16 heavy (non-hydrogen) atoms. The highest BCUT2D eigenvalue weighted by molar-refractivity contribution is 4.83. The van der Waals surface area contributed by atoms with Crippen LogP contribution >= 0.6 is 0 Å². The van der Waals surface area contributed by atoms with Gasteiger partial charge in [0, 0.05) is 18.6 Å². The minimum absolute atomic E-state index is 0.707. The summed E-state index contributed by atoms with van der Waals surface area (Å²) in [5.41, 5.74) is 0. The van der Waals surface area contributed by atoms with Crippen molar-refractivity contribution in [2.24, 2.45) is 0 Å². The van der Waals surface area contributed by atoms with E-state index < -0.39 is 0 Å². The Balaban J connectivity index is 2.19. The lowest BCUT2D eigenvalue weighted by Gasteiger charge is -2.29. The second-order valence-electron chi connectivity index (χ2n) is 5.27. The Hall–Kier alpha value is -0.0800. The van der Waals surface area contributed by atoms with Crippen LogP contribution in [0.5, 0.6) is 0 Å². The Kier molecular flexibility index (Phi) is 7.06. The fourth-order valence-corrected chi connectivity index (χ4v) is 2.03. The zero-order valence-corrected chi connectivity index (χ0v) is 11.5. The molecule has 2 heteroatoms. The van der Waals surface area contributed by atoms with Gasteiger partial charge < -0.3 is 5.32 Å². The van der Waals surface area contributed by atoms with Crippen LogP contribution in [0.3, 0.4) is 0 Å². The molecule has 0 radical (unpaired) electrons. The molecule has 1 rings (SSSR count). The molecule has 1 saturated carbocycles. The topological polar surface area (TPSA) is 15.3 Å². The van der Waals surface area contributed by atoms with Crippen LogP contribution in [0.1, 0.15) is 59.3 Å². The van der Waals surface area contributed by atoms with Gasteiger partial charge in [0.25, 0.3) is 0 Å². The van der Waals surface area contributed by atoms with E-state index in [4.69, 9.17) is 0 Å². The van der Waals surface area contributed by atoms with E-state index in [1.165, 1.54) is 58.2 Å². The summed E-state index contributed by atoms with van der Waals surface area (Å²) in [5.74, 6) is 0. The van der Waals surface area contributed by atoms with Gasteiger partial charge in [-0.2, -0.15) is 0 Å². The number of nitrogens with one attached hydrogen (secondary N) is 1. The van der Waals surface area contributed by atoms with E-state index in [1.54, 1.807) is 0 Å². The van der Waals surface area contributed by atoms with E-state index in [-0.39, 0.29) is 0 Å². The van der Waals surface area contributed by atoms with Crippen molar-refractivity contribution in [3.05, 3.63) is 0 Å². The molecule has 1 unspecified atom stereocenters. The highest BCUT2D eigenvalue weighted by atomic mass is 15.2. The molecule has 2 nitrogen and oxygen atoms in total. The number of nitrogens with zero attached hydrogens (tertiary/aromatic N) is 1. The quantitative estimate of drug-likeness (QED) is 0.616. The molecule has 0 spiro atoms. The normalized spacial score (nSPS) is 18.0. The molecule has 0 bridgehead atoms. The molecular weight excluding hydrogens is 196 g/mol. The molecule has 1 aliphatic carbocycles. The summed E-state index contributed by atoms with van der Waals surface area (Å²) in [5, 5.41) is 3.65. The minimum atomic E-state index is 0.707. The van der Waals surface area contributed by atoms with Crippen molar-refractivity contribution in [3.8, 4) is 0 Å². The van der Waals surface area contributed by atoms with Crippen molar-refractivity contribution in [2.75, 3.05) is 19.6 Å². The van der Waals surface area contributed by atoms with Gasteiger partial charge in [0.2, 0.25) is 0 Å². The van der Waals surface area contributed by atoms with Crippen LogP contribution in [-0.4, -0.2) is 36.6 Å². The van der Waals surface area contributed by atoms with E-state index in [1.807, 2.05) is 0 Å². The Morgan fingerprint density at radius 1 is 1.12 bits per heavy atom. The first-order valence-electron chi connectivity index (χ1n) is 7.25. The largest absolute Gasteiger partial charge is 0.312 e. The molecule has 1 N–H and O–H groups in total. The van der Waals surface area contributed by atoms with Crippen molar-refractivity contribution in [3.63, 3.8) is 0 Å². The van der Waals surface area contributed by atoms with Gasteiger partial charge in [-0.3, -0.25) is 4.90 Å². The summed E-state index contributed by atoms with van der Waals surface area (Å²) in [4.78, 5) is 2.67. The summed E-state index contributed by atoms with van der Waals surface area (Å²) < 4.78 is 0. The standard InChI is InChI=1S/C14H30N2/c1-4-6-10-16(11-7-5-2)13(3)12-15-14-8-9-14/h13-15H,4-12H2,1-3H3. The molecule has 0 saturated heterocycles. The maximum atomic E-state index is 3.65. The summed E-state index contributed by atoms with van der Waals surface area (Å²) in [6.45, 7) is 10.7. The molecule has 96 valence electrons. The lowest BCUT2D eigenvalue weighted by molar-refractivity contribution is 0.198. The van der Waals surface area contributed by atoms with Crippen molar-refractivity contribution >= 4 is 0 Å². The predicted molar refractivity (Wildman–Crippen MR) is 71.9 cm³/mol. The van der Waals surface area contributed by atoms with Gasteiger partial charge in [-0.15, -0.1) is 0 Å². The van der Waals surface area contributed by atoms with Gasteiger partial charge in [0.15, 0.2) is 0 Å². The third-order valence-corrected chi connectivity index (χ3v) is 3.50. The fourth-order valence-electron chi connectivity index (χ4n) is 2.03. The number of hydrogen-bond acceptors (Lipinski definition) is 2. The zero-order chi connectivity index (χ0) is 11.8. The fraction of sp³-hybridized carbons (Fsp3) is 1.00. The summed E-state index contributed by atoms with van der Waals surface area (Å²) in [7, 11) is 0. The molecule has 1 atom stereocenters. The summed E-state index contributed by atoms with van der Waals surface area (Å²) >= 11 is 0. The monoisotopic (exact) mass is 226 g/mol. The smallest absolute Gasteiger partial charge is 0.0192 e. The van der Waals surface area contributed by atoms with Crippen molar-refractivity contribution in [1.29, 1.82) is 0 Å². The molecule has 0 aliphatic heterocycles. The van der Waals surface area contributed by atoms with Gasteiger partial charge in [0.1, 0.15) is 0 Å². The average Bonchev–Trinajstić information content (AvgIpc) is 3.10. The first kappa shape index (κ1) is 14.0. The van der Waals surface area contributed by atoms with Gasteiger partial charge in [-0.25, -0.2) is 0 Å². The lowest BCUT2D eigenvalue weighted by atomic mass is 10.2. The molecule has 0 aromatic carbocycles. The molecular formula is C14H30N2. The second-order valence-corrected chi connectivity index (χ2v) is 5.27. The highest BCUT2D eigenvalue weighted by Crippen LogP contribution is 2.18. The zero-order valence-electron chi connectivity index (χ0n) is 11.5. The first-order chi connectivity index (χ1) is 7.77. The van der Waals surface area contributed by atoms with Crippen LogP contribution in [0.25, 0.3) is 0 Å². The predicted octanol–water partition coefficient (Wildman–Crippen LogP) is 3.03. The Labute approximate surface area is 102 Å². The van der Waals surface area contributed by atoms with E-state index in [0.29, 0.717) is 6.04 Å². The SMILES string of the molecule is CCCCN(CCCC)C(C)CNC1CC1. The molecule has 0 amide bonds. The molecule has 0 aromatic heterocycles. The Bertz CT molecular complexity index is 158. The Morgan fingerprint density at radius 2 is 1.69 bits per heavy atom. The van der Waals surface area contributed by atoms with E-state index in [9.17, 15) is 0 Å². The maximum absolute atomic E-state index is 3.65. The van der Waals surface area contributed by atoms with Gasteiger partial charge >= 0.3 is 0 Å². The van der Waals surface area contributed by atoms with Crippen LogP contribution in [0.2, 0.25) is 0 Å². The maximum Gasteiger partial charge on any atom is 0.0192 e. The van der Waals surface area contributed by atoms with Gasteiger partial charge in [-0.1, -0.05) is 26.7 Å². The van der Waals surface area contributed by atoms with Crippen LogP contribution in [0.15, 0.2) is 0 Å². The van der Waals surface area contributed by atoms with Crippen LogP contribution < -0.4 is 5.32 Å². The lowest BCUT2D eigenvalue weighted by Crippen LogP contribution is -2.42. The van der Waals surface area contributed by atoms with E-state index >= 15 is 0 Å². The summed E-state index contributed by atoms with van der Waals surface area (Å²) in [6.07, 6.45) is 8.11. The van der Waals surface area contributed by atoms with Crippen LogP contribution in [-0.2, 0) is 0 Å².